The van der Waals surface area contributed by atoms with Crippen molar-refractivity contribution in [3.8, 4) is 5.75 Å². The fourth-order valence-corrected chi connectivity index (χ4v) is 2.49. The molecule has 0 saturated heterocycles. The van der Waals surface area contributed by atoms with E-state index in [0.29, 0.717) is 0 Å². The topological polar surface area (TPSA) is 34.4 Å². The number of rotatable bonds is 6. The number of halogens is 1. The Bertz CT molecular complexity index is 511. The van der Waals surface area contributed by atoms with E-state index in [2.05, 4.69) is 40.3 Å². The summed E-state index contributed by atoms with van der Waals surface area (Å²) in [6.45, 7) is 3.04. The van der Waals surface area contributed by atoms with E-state index in [4.69, 9.17) is 9.15 Å². The quantitative estimate of drug-likeness (QED) is 0.874. The first-order valence-corrected chi connectivity index (χ1v) is 7.09. The Morgan fingerprint density at radius 2 is 2.21 bits per heavy atom. The van der Waals surface area contributed by atoms with E-state index >= 15 is 0 Å². The van der Waals surface area contributed by atoms with Crippen molar-refractivity contribution in [2.75, 3.05) is 13.7 Å². The van der Waals surface area contributed by atoms with Crippen LogP contribution in [0, 0.1) is 0 Å². The molecule has 2 aromatic rings. The summed E-state index contributed by atoms with van der Waals surface area (Å²) in [7, 11) is 1.67. The molecular formula is C15H18BrNO2. The van der Waals surface area contributed by atoms with Gasteiger partial charge in [0.2, 0.25) is 0 Å². The number of nitrogens with one attached hydrogen (secondary N) is 1. The summed E-state index contributed by atoms with van der Waals surface area (Å²) in [5, 5.41) is 3.48. The smallest absolute Gasteiger partial charge is 0.133 e. The summed E-state index contributed by atoms with van der Waals surface area (Å²) in [5.74, 6) is 1.86. The van der Waals surface area contributed by atoms with Crippen molar-refractivity contribution in [2.24, 2.45) is 0 Å². The van der Waals surface area contributed by atoms with E-state index < -0.39 is 0 Å². The Morgan fingerprint density at radius 3 is 2.84 bits per heavy atom. The van der Waals surface area contributed by atoms with Crippen LogP contribution in [0.15, 0.2) is 45.5 Å². The minimum Gasteiger partial charge on any atom is -0.496 e. The molecule has 0 aliphatic rings. The van der Waals surface area contributed by atoms with Gasteiger partial charge < -0.3 is 14.5 Å². The fraction of sp³-hybridized carbons (Fsp3) is 0.333. The second-order valence-corrected chi connectivity index (χ2v) is 5.25. The van der Waals surface area contributed by atoms with Gasteiger partial charge in [0.05, 0.1) is 17.8 Å². The average Bonchev–Trinajstić information content (AvgIpc) is 2.91. The summed E-state index contributed by atoms with van der Waals surface area (Å²) < 4.78 is 11.5. The Hall–Kier alpha value is -1.26. The van der Waals surface area contributed by atoms with Crippen molar-refractivity contribution in [3.63, 3.8) is 0 Å². The molecule has 0 aliphatic carbocycles. The number of hydrogen-bond donors (Lipinski definition) is 1. The highest BCUT2D eigenvalue weighted by molar-refractivity contribution is 9.10. The predicted molar refractivity (Wildman–Crippen MR) is 79.5 cm³/mol. The third-order valence-electron chi connectivity index (χ3n) is 3.08. The van der Waals surface area contributed by atoms with Crippen LogP contribution in [0.4, 0.5) is 0 Å². The molecule has 1 unspecified atom stereocenters. The van der Waals surface area contributed by atoms with Gasteiger partial charge in [0.15, 0.2) is 0 Å². The summed E-state index contributed by atoms with van der Waals surface area (Å²) in [6, 6.07) is 10.3. The molecule has 0 saturated carbocycles. The number of benzene rings is 1. The predicted octanol–water partition coefficient (Wildman–Crippen LogP) is 3.94. The van der Waals surface area contributed by atoms with Crippen molar-refractivity contribution >= 4 is 15.9 Å². The first-order valence-electron chi connectivity index (χ1n) is 6.30. The molecule has 4 heteroatoms. The third-order valence-corrected chi connectivity index (χ3v) is 3.70. The van der Waals surface area contributed by atoms with Crippen molar-refractivity contribution < 1.29 is 9.15 Å². The normalized spacial score (nSPS) is 12.4. The van der Waals surface area contributed by atoms with Crippen LogP contribution in [0.25, 0.3) is 0 Å². The molecule has 19 heavy (non-hydrogen) atoms. The van der Waals surface area contributed by atoms with E-state index in [1.165, 1.54) is 5.56 Å². The second kappa shape index (κ2) is 6.78. The highest BCUT2D eigenvalue weighted by Gasteiger charge is 2.08. The zero-order valence-corrected chi connectivity index (χ0v) is 12.7. The summed E-state index contributed by atoms with van der Waals surface area (Å²) in [5.41, 5.74) is 1.23. The molecule has 0 fully saturated rings. The van der Waals surface area contributed by atoms with E-state index in [1.54, 1.807) is 13.4 Å². The van der Waals surface area contributed by atoms with Gasteiger partial charge in [-0.05, 0) is 52.7 Å². The van der Waals surface area contributed by atoms with E-state index in [0.717, 1.165) is 28.9 Å². The van der Waals surface area contributed by atoms with Crippen LogP contribution in [-0.4, -0.2) is 13.7 Å². The summed E-state index contributed by atoms with van der Waals surface area (Å²) in [4.78, 5) is 0. The first-order chi connectivity index (χ1) is 9.20. The Balaban J connectivity index is 1.88. The maximum Gasteiger partial charge on any atom is 0.133 e. The van der Waals surface area contributed by atoms with Gasteiger partial charge in [0, 0.05) is 19.0 Å². The summed E-state index contributed by atoms with van der Waals surface area (Å²) in [6.07, 6.45) is 2.61. The molecule has 1 N–H and O–H groups in total. The van der Waals surface area contributed by atoms with E-state index in [1.807, 2.05) is 18.2 Å². The van der Waals surface area contributed by atoms with Gasteiger partial charge in [0.25, 0.3) is 0 Å². The van der Waals surface area contributed by atoms with Crippen LogP contribution in [0.1, 0.15) is 24.3 Å². The Kier molecular flexibility index (Phi) is 5.05. The molecule has 0 amide bonds. The lowest BCUT2D eigenvalue weighted by molar-refractivity contribution is 0.411. The molecule has 1 heterocycles. The minimum absolute atomic E-state index is 0.289. The average molecular weight is 324 g/mol. The van der Waals surface area contributed by atoms with E-state index in [9.17, 15) is 0 Å². The van der Waals surface area contributed by atoms with Crippen LogP contribution in [-0.2, 0) is 6.42 Å². The molecule has 3 nitrogen and oxygen atoms in total. The maximum absolute atomic E-state index is 5.31. The van der Waals surface area contributed by atoms with Crippen molar-refractivity contribution in [3.05, 3.63) is 52.4 Å². The number of furan rings is 1. The van der Waals surface area contributed by atoms with Gasteiger partial charge in [-0.15, -0.1) is 0 Å². The largest absolute Gasteiger partial charge is 0.496 e. The van der Waals surface area contributed by atoms with Crippen LogP contribution >= 0.6 is 15.9 Å². The van der Waals surface area contributed by atoms with E-state index in [-0.39, 0.29) is 6.04 Å². The number of methoxy groups -OCH3 is 1. The maximum atomic E-state index is 5.31. The van der Waals surface area contributed by atoms with Gasteiger partial charge in [-0.2, -0.15) is 0 Å². The number of ether oxygens (including phenoxy) is 1. The van der Waals surface area contributed by atoms with Crippen LogP contribution in [0.3, 0.4) is 0 Å². The Morgan fingerprint density at radius 1 is 1.37 bits per heavy atom. The molecule has 1 atom stereocenters. The van der Waals surface area contributed by atoms with Crippen molar-refractivity contribution in [1.82, 2.24) is 5.32 Å². The zero-order chi connectivity index (χ0) is 13.7. The minimum atomic E-state index is 0.289. The van der Waals surface area contributed by atoms with Crippen LogP contribution in [0.5, 0.6) is 5.75 Å². The highest BCUT2D eigenvalue weighted by atomic mass is 79.9. The molecular weight excluding hydrogens is 306 g/mol. The van der Waals surface area contributed by atoms with Crippen LogP contribution < -0.4 is 10.1 Å². The molecule has 1 aromatic carbocycles. The Labute approximate surface area is 122 Å². The molecule has 0 aliphatic heterocycles. The molecule has 2 rings (SSSR count). The van der Waals surface area contributed by atoms with Gasteiger partial charge in [0.1, 0.15) is 11.5 Å². The molecule has 0 spiro atoms. The SMILES string of the molecule is COc1ccc(C(C)NCCc2ccco2)cc1Br. The molecule has 1 aromatic heterocycles. The number of hydrogen-bond acceptors (Lipinski definition) is 3. The van der Waals surface area contributed by atoms with Gasteiger partial charge in [-0.1, -0.05) is 6.07 Å². The molecule has 0 bridgehead atoms. The lowest BCUT2D eigenvalue weighted by atomic mass is 10.1. The standard InChI is InChI=1S/C15H18BrNO2/c1-11(17-8-7-13-4-3-9-19-13)12-5-6-15(18-2)14(16)10-12/h3-6,9-11,17H,7-8H2,1-2H3. The van der Waals surface area contributed by atoms with Gasteiger partial charge in [-0.25, -0.2) is 0 Å². The highest BCUT2D eigenvalue weighted by Crippen LogP contribution is 2.27. The summed E-state index contributed by atoms with van der Waals surface area (Å²) >= 11 is 3.51. The lowest BCUT2D eigenvalue weighted by Crippen LogP contribution is -2.21. The molecule has 0 radical (unpaired) electrons. The van der Waals surface area contributed by atoms with Gasteiger partial charge in [-0.3, -0.25) is 0 Å². The van der Waals surface area contributed by atoms with Crippen molar-refractivity contribution in [2.45, 2.75) is 19.4 Å². The lowest BCUT2D eigenvalue weighted by Gasteiger charge is -2.15. The van der Waals surface area contributed by atoms with Crippen molar-refractivity contribution in [1.29, 1.82) is 0 Å². The second-order valence-electron chi connectivity index (χ2n) is 4.40. The van der Waals surface area contributed by atoms with Gasteiger partial charge >= 0.3 is 0 Å². The van der Waals surface area contributed by atoms with Crippen LogP contribution in [0.2, 0.25) is 0 Å². The monoisotopic (exact) mass is 323 g/mol. The first kappa shape index (κ1) is 14.2. The fourth-order valence-electron chi connectivity index (χ4n) is 1.94. The molecule has 102 valence electrons. The zero-order valence-electron chi connectivity index (χ0n) is 11.2. The third kappa shape index (κ3) is 3.85.